The van der Waals surface area contributed by atoms with Gasteiger partial charge in [0.05, 0.1) is 20.6 Å². The number of anilines is 1. The second kappa shape index (κ2) is 8.95. The first kappa shape index (κ1) is 20.5. The van der Waals surface area contributed by atoms with Crippen molar-refractivity contribution in [1.29, 1.82) is 0 Å². The summed E-state index contributed by atoms with van der Waals surface area (Å²) in [6.45, 7) is 0. The SMILES string of the molecule is O=C(Oc1ccc(C=C2SC(=S)N(c3ccccc3)C2=O)cc1Br)c1ccccc1. The quantitative estimate of drug-likeness (QED) is 0.190. The lowest BCUT2D eigenvalue weighted by Gasteiger charge is -2.13. The molecule has 0 aliphatic carbocycles. The van der Waals surface area contributed by atoms with Gasteiger partial charge in [0.1, 0.15) is 5.75 Å². The Bertz CT molecular complexity index is 1160. The van der Waals surface area contributed by atoms with Crippen molar-refractivity contribution in [2.24, 2.45) is 0 Å². The number of halogens is 1. The molecule has 0 unspecified atom stereocenters. The van der Waals surface area contributed by atoms with E-state index >= 15 is 0 Å². The molecule has 4 nitrogen and oxygen atoms in total. The molecule has 1 heterocycles. The Kier molecular flexibility index (Phi) is 6.13. The maximum absolute atomic E-state index is 12.8. The number of nitrogens with zero attached hydrogens (tertiary/aromatic N) is 1. The van der Waals surface area contributed by atoms with Gasteiger partial charge < -0.3 is 4.74 Å². The lowest BCUT2D eigenvalue weighted by molar-refractivity contribution is -0.113. The van der Waals surface area contributed by atoms with Crippen LogP contribution in [0.4, 0.5) is 5.69 Å². The number of ether oxygens (including phenoxy) is 1. The van der Waals surface area contributed by atoms with Crippen molar-refractivity contribution in [1.82, 2.24) is 0 Å². The van der Waals surface area contributed by atoms with Gasteiger partial charge in [-0.05, 0) is 64.0 Å². The van der Waals surface area contributed by atoms with Crippen LogP contribution >= 0.6 is 39.9 Å². The molecule has 1 amide bonds. The Morgan fingerprint density at radius 1 is 1.00 bits per heavy atom. The van der Waals surface area contributed by atoms with Crippen LogP contribution in [0.5, 0.6) is 5.75 Å². The van der Waals surface area contributed by atoms with Crippen LogP contribution in [0.1, 0.15) is 15.9 Å². The summed E-state index contributed by atoms with van der Waals surface area (Å²) in [5.74, 6) is -0.197. The van der Waals surface area contributed by atoms with E-state index in [0.29, 0.717) is 25.0 Å². The van der Waals surface area contributed by atoms with Gasteiger partial charge in [-0.1, -0.05) is 66.4 Å². The summed E-state index contributed by atoms with van der Waals surface area (Å²) in [6.07, 6.45) is 1.77. The number of esters is 1. The molecule has 0 radical (unpaired) electrons. The summed E-state index contributed by atoms with van der Waals surface area (Å²) in [5, 5.41) is 0. The highest BCUT2D eigenvalue weighted by atomic mass is 79.9. The van der Waals surface area contributed by atoms with E-state index in [1.54, 1.807) is 48.5 Å². The van der Waals surface area contributed by atoms with Gasteiger partial charge in [-0.3, -0.25) is 9.69 Å². The Labute approximate surface area is 191 Å². The number of amides is 1. The molecule has 1 aliphatic heterocycles. The third-order valence-corrected chi connectivity index (χ3v) is 6.20. The highest BCUT2D eigenvalue weighted by Crippen LogP contribution is 2.36. The fraction of sp³-hybridized carbons (Fsp3) is 0. The number of hydrogen-bond donors (Lipinski definition) is 0. The van der Waals surface area contributed by atoms with Crippen LogP contribution in [0, 0.1) is 0 Å². The van der Waals surface area contributed by atoms with Crippen LogP contribution in [-0.2, 0) is 4.79 Å². The van der Waals surface area contributed by atoms with Gasteiger partial charge in [0, 0.05) is 0 Å². The van der Waals surface area contributed by atoms with Crippen LogP contribution in [-0.4, -0.2) is 16.2 Å². The Morgan fingerprint density at radius 3 is 2.33 bits per heavy atom. The molecule has 3 aromatic carbocycles. The van der Waals surface area contributed by atoms with E-state index in [1.807, 2.05) is 36.4 Å². The molecule has 1 fully saturated rings. The number of carbonyl (C=O) groups is 2. The van der Waals surface area contributed by atoms with E-state index in [-0.39, 0.29) is 5.91 Å². The Hall–Kier alpha value is -2.74. The average molecular weight is 496 g/mol. The van der Waals surface area contributed by atoms with Crippen molar-refractivity contribution >= 4 is 67.9 Å². The van der Waals surface area contributed by atoms with E-state index in [4.69, 9.17) is 17.0 Å². The minimum Gasteiger partial charge on any atom is -0.422 e. The van der Waals surface area contributed by atoms with Crippen molar-refractivity contribution < 1.29 is 14.3 Å². The summed E-state index contributed by atoms with van der Waals surface area (Å²) in [5.41, 5.74) is 2.00. The number of benzene rings is 3. The highest BCUT2D eigenvalue weighted by molar-refractivity contribution is 9.10. The van der Waals surface area contributed by atoms with Crippen molar-refractivity contribution in [3.05, 3.63) is 99.4 Å². The smallest absolute Gasteiger partial charge is 0.343 e. The van der Waals surface area contributed by atoms with Gasteiger partial charge in [-0.2, -0.15) is 0 Å². The predicted molar refractivity (Wildman–Crippen MR) is 128 cm³/mol. The average Bonchev–Trinajstić information content (AvgIpc) is 3.04. The predicted octanol–water partition coefficient (Wildman–Crippen LogP) is 6.07. The zero-order chi connectivity index (χ0) is 21.1. The molecule has 0 aromatic heterocycles. The molecule has 0 N–H and O–H groups in total. The number of thiocarbonyl (C=S) groups is 1. The lowest BCUT2D eigenvalue weighted by atomic mass is 10.2. The van der Waals surface area contributed by atoms with Crippen molar-refractivity contribution in [2.45, 2.75) is 0 Å². The van der Waals surface area contributed by atoms with E-state index in [1.165, 1.54) is 16.7 Å². The molecule has 0 atom stereocenters. The topological polar surface area (TPSA) is 46.6 Å². The zero-order valence-corrected chi connectivity index (χ0v) is 18.7. The van der Waals surface area contributed by atoms with Gasteiger partial charge >= 0.3 is 5.97 Å². The van der Waals surface area contributed by atoms with Crippen molar-refractivity contribution in [3.63, 3.8) is 0 Å². The molecule has 1 aliphatic rings. The first-order valence-electron chi connectivity index (χ1n) is 8.93. The molecule has 7 heteroatoms. The minimum absolute atomic E-state index is 0.160. The molecule has 0 bridgehead atoms. The number of rotatable bonds is 4. The first-order chi connectivity index (χ1) is 14.5. The normalized spacial score (nSPS) is 15.0. The van der Waals surface area contributed by atoms with Gasteiger partial charge in [0.2, 0.25) is 0 Å². The molecule has 3 aromatic rings. The Balaban J connectivity index is 1.53. The molecule has 148 valence electrons. The molecular weight excluding hydrogens is 482 g/mol. The molecule has 30 heavy (non-hydrogen) atoms. The van der Waals surface area contributed by atoms with Crippen molar-refractivity contribution in [3.8, 4) is 5.75 Å². The highest BCUT2D eigenvalue weighted by Gasteiger charge is 2.33. The summed E-state index contributed by atoms with van der Waals surface area (Å²) >= 11 is 10.1. The van der Waals surface area contributed by atoms with Gasteiger partial charge in [0.15, 0.2) is 4.32 Å². The van der Waals surface area contributed by atoms with E-state index < -0.39 is 5.97 Å². The second-order valence-electron chi connectivity index (χ2n) is 6.30. The minimum atomic E-state index is -0.437. The molecule has 4 rings (SSSR count). The van der Waals surface area contributed by atoms with Crippen LogP contribution in [0.3, 0.4) is 0 Å². The van der Waals surface area contributed by atoms with Crippen LogP contribution in [0.25, 0.3) is 6.08 Å². The largest absolute Gasteiger partial charge is 0.422 e. The standard InChI is InChI=1S/C23H14BrNO3S2/c24-18-13-15(11-12-19(18)28-22(27)16-7-3-1-4-8-16)14-20-21(26)25(23(29)30-20)17-9-5-2-6-10-17/h1-14H. The number of carbonyl (C=O) groups excluding carboxylic acids is 2. The van der Waals surface area contributed by atoms with E-state index in [9.17, 15) is 9.59 Å². The van der Waals surface area contributed by atoms with Crippen molar-refractivity contribution in [2.75, 3.05) is 4.90 Å². The van der Waals surface area contributed by atoms with E-state index in [0.717, 1.165) is 11.3 Å². The number of para-hydroxylation sites is 1. The summed E-state index contributed by atoms with van der Waals surface area (Å²) in [6, 6.07) is 23.4. The summed E-state index contributed by atoms with van der Waals surface area (Å²) in [7, 11) is 0. The second-order valence-corrected chi connectivity index (χ2v) is 8.83. The molecule has 0 saturated carbocycles. The maximum Gasteiger partial charge on any atom is 0.343 e. The fourth-order valence-corrected chi connectivity index (χ4v) is 4.62. The Morgan fingerprint density at radius 2 is 1.67 bits per heavy atom. The van der Waals surface area contributed by atoms with Gasteiger partial charge in [-0.15, -0.1) is 0 Å². The van der Waals surface area contributed by atoms with Gasteiger partial charge in [-0.25, -0.2) is 4.79 Å². The maximum atomic E-state index is 12.8. The summed E-state index contributed by atoms with van der Waals surface area (Å²) in [4.78, 5) is 27.2. The molecule has 0 spiro atoms. The zero-order valence-electron chi connectivity index (χ0n) is 15.4. The third-order valence-electron chi connectivity index (χ3n) is 4.27. The fourth-order valence-electron chi connectivity index (χ4n) is 2.84. The molecular formula is C23H14BrNO3S2. The van der Waals surface area contributed by atoms with E-state index in [2.05, 4.69) is 15.9 Å². The van der Waals surface area contributed by atoms with Crippen LogP contribution < -0.4 is 9.64 Å². The number of hydrogen-bond acceptors (Lipinski definition) is 5. The number of thioether (sulfide) groups is 1. The molecule has 1 saturated heterocycles. The lowest BCUT2D eigenvalue weighted by Crippen LogP contribution is -2.27. The first-order valence-corrected chi connectivity index (χ1v) is 10.9. The van der Waals surface area contributed by atoms with Crippen LogP contribution in [0.2, 0.25) is 0 Å². The monoisotopic (exact) mass is 495 g/mol. The summed E-state index contributed by atoms with van der Waals surface area (Å²) < 4.78 is 6.56. The third kappa shape index (κ3) is 4.38. The van der Waals surface area contributed by atoms with Crippen LogP contribution in [0.15, 0.2) is 88.2 Å². The van der Waals surface area contributed by atoms with Gasteiger partial charge in [0.25, 0.3) is 5.91 Å².